The van der Waals surface area contributed by atoms with E-state index in [1.54, 1.807) is 7.11 Å². The maximum Gasteiger partial charge on any atom is 0.0633 e. The van der Waals surface area contributed by atoms with Crippen molar-refractivity contribution in [3.8, 4) is 0 Å². The highest BCUT2D eigenvalue weighted by atomic mass is 16.5. The summed E-state index contributed by atoms with van der Waals surface area (Å²) in [5.74, 6) is 0. The number of aryl methyl sites for hydroxylation is 1. The van der Waals surface area contributed by atoms with Gasteiger partial charge in [-0.25, -0.2) is 0 Å². The van der Waals surface area contributed by atoms with Crippen molar-refractivity contribution in [3.63, 3.8) is 0 Å². The molecule has 21 heavy (non-hydrogen) atoms. The van der Waals surface area contributed by atoms with E-state index in [2.05, 4.69) is 40.7 Å². The number of rotatable bonds is 5. The zero-order valence-electron chi connectivity index (χ0n) is 14.2. The average molecular weight is 293 g/mol. The van der Waals surface area contributed by atoms with E-state index >= 15 is 0 Å². The monoisotopic (exact) mass is 293 g/mol. The van der Waals surface area contributed by atoms with Gasteiger partial charge in [0.15, 0.2) is 0 Å². The van der Waals surface area contributed by atoms with Gasteiger partial charge in [-0.3, -0.25) is 0 Å². The zero-order valence-corrected chi connectivity index (χ0v) is 14.2. The summed E-state index contributed by atoms with van der Waals surface area (Å²) in [4.78, 5) is 2.46. The van der Waals surface area contributed by atoms with Crippen molar-refractivity contribution in [1.82, 2.24) is 10.6 Å². The molecule has 0 bridgehead atoms. The van der Waals surface area contributed by atoms with Gasteiger partial charge >= 0.3 is 0 Å². The third-order valence-corrected chi connectivity index (χ3v) is 3.57. The number of ether oxygens (including phenoxy) is 1. The Morgan fingerprint density at radius 2 is 2.14 bits per heavy atom. The highest BCUT2D eigenvalue weighted by Crippen LogP contribution is 2.23. The highest BCUT2D eigenvalue weighted by Gasteiger charge is 2.20. The quantitative estimate of drug-likeness (QED) is 0.872. The van der Waals surface area contributed by atoms with E-state index in [1.807, 2.05) is 20.9 Å². The molecular formula is C17H31N3O. The molecule has 2 rings (SSSR count). The first-order valence-electron chi connectivity index (χ1n) is 7.96. The standard InChI is InChI=1S/C15H25N3O.C2H6/c1-12-4-5-15(13(8-12)9-16-2)18-7-6-17-14(10-18)11-19-3;1-2/h4-5,8,14,16-17H,6-7,9-11H2,1-3H3;1-2H3. The lowest BCUT2D eigenvalue weighted by atomic mass is 10.1. The maximum atomic E-state index is 5.26. The van der Waals surface area contributed by atoms with E-state index in [0.29, 0.717) is 6.04 Å². The highest BCUT2D eigenvalue weighted by molar-refractivity contribution is 5.55. The van der Waals surface area contributed by atoms with Gasteiger partial charge in [-0.1, -0.05) is 31.5 Å². The Morgan fingerprint density at radius 3 is 2.81 bits per heavy atom. The molecule has 4 heteroatoms. The van der Waals surface area contributed by atoms with Gasteiger partial charge in [0.2, 0.25) is 0 Å². The van der Waals surface area contributed by atoms with Crippen LogP contribution in [0.3, 0.4) is 0 Å². The van der Waals surface area contributed by atoms with Crippen LogP contribution in [-0.4, -0.2) is 46.4 Å². The number of hydrogen-bond donors (Lipinski definition) is 2. The van der Waals surface area contributed by atoms with Crippen molar-refractivity contribution in [3.05, 3.63) is 29.3 Å². The zero-order chi connectivity index (χ0) is 15.7. The smallest absolute Gasteiger partial charge is 0.0633 e. The largest absolute Gasteiger partial charge is 0.383 e. The van der Waals surface area contributed by atoms with E-state index in [4.69, 9.17) is 4.74 Å². The van der Waals surface area contributed by atoms with Crippen LogP contribution >= 0.6 is 0 Å². The van der Waals surface area contributed by atoms with Gasteiger partial charge < -0.3 is 20.3 Å². The molecule has 1 saturated heterocycles. The predicted octanol–water partition coefficient (Wildman–Crippen LogP) is 2.17. The summed E-state index contributed by atoms with van der Waals surface area (Å²) in [5.41, 5.74) is 4.04. The second kappa shape index (κ2) is 9.77. The van der Waals surface area contributed by atoms with Crippen molar-refractivity contribution in [2.75, 3.05) is 45.3 Å². The SMILES string of the molecule is CC.CNCc1cc(C)ccc1N1CCNC(COC)C1. The summed E-state index contributed by atoms with van der Waals surface area (Å²) in [6.07, 6.45) is 0. The van der Waals surface area contributed by atoms with Crippen LogP contribution in [-0.2, 0) is 11.3 Å². The Kier molecular flexibility index (Phi) is 8.35. The van der Waals surface area contributed by atoms with Gasteiger partial charge in [-0.2, -0.15) is 0 Å². The fraction of sp³-hybridized carbons (Fsp3) is 0.647. The summed E-state index contributed by atoms with van der Waals surface area (Å²) in [7, 11) is 3.76. The predicted molar refractivity (Wildman–Crippen MR) is 91.2 cm³/mol. The minimum Gasteiger partial charge on any atom is -0.383 e. The van der Waals surface area contributed by atoms with Crippen LogP contribution < -0.4 is 15.5 Å². The normalized spacial score (nSPS) is 18.1. The second-order valence-electron chi connectivity index (χ2n) is 5.21. The Balaban J connectivity index is 0.00000106. The number of anilines is 1. The van der Waals surface area contributed by atoms with Crippen molar-refractivity contribution in [1.29, 1.82) is 0 Å². The lowest BCUT2D eigenvalue weighted by Gasteiger charge is -2.36. The second-order valence-corrected chi connectivity index (χ2v) is 5.21. The van der Waals surface area contributed by atoms with E-state index in [1.165, 1.54) is 16.8 Å². The van der Waals surface area contributed by atoms with Gasteiger partial charge in [-0.15, -0.1) is 0 Å². The van der Waals surface area contributed by atoms with E-state index in [9.17, 15) is 0 Å². The third-order valence-electron chi connectivity index (χ3n) is 3.57. The van der Waals surface area contributed by atoms with Crippen molar-refractivity contribution in [2.24, 2.45) is 0 Å². The number of methoxy groups -OCH3 is 1. The number of piperazine rings is 1. The molecule has 4 nitrogen and oxygen atoms in total. The molecule has 0 radical (unpaired) electrons. The molecule has 0 saturated carbocycles. The van der Waals surface area contributed by atoms with Gasteiger partial charge in [0.25, 0.3) is 0 Å². The first-order chi connectivity index (χ1) is 10.2. The summed E-state index contributed by atoms with van der Waals surface area (Å²) in [5, 5.41) is 6.76. The fourth-order valence-corrected chi connectivity index (χ4v) is 2.71. The molecule has 0 amide bonds. The molecular weight excluding hydrogens is 262 g/mol. The minimum atomic E-state index is 0.419. The van der Waals surface area contributed by atoms with Crippen LogP contribution in [0, 0.1) is 6.92 Å². The van der Waals surface area contributed by atoms with E-state index in [-0.39, 0.29) is 0 Å². The van der Waals surface area contributed by atoms with Crippen LogP contribution in [0.2, 0.25) is 0 Å². The summed E-state index contributed by atoms with van der Waals surface area (Å²) >= 11 is 0. The first kappa shape index (κ1) is 18.0. The molecule has 0 aromatic heterocycles. The molecule has 120 valence electrons. The molecule has 0 aliphatic carbocycles. The van der Waals surface area contributed by atoms with Gasteiger partial charge in [0.1, 0.15) is 0 Å². The molecule has 1 fully saturated rings. The molecule has 1 aromatic rings. The van der Waals surface area contributed by atoms with Gasteiger partial charge in [0, 0.05) is 45.0 Å². The summed E-state index contributed by atoms with van der Waals surface area (Å²) < 4.78 is 5.26. The Bertz CT molecular complexity index is 407. The van der Waals surface area contributed by atoms with Crippen molar-refractivity contribution in [2.45, 2.75) is 33.4 Å². The van der Waals surface area contributed by atoms with Crippen LogP contribution in [0.4, 0.5) is 5.69 Å². The maximum absolute atomic E-state index is 5.26. The summed E-state index contributed by atoms with van der Waals surface area (Å²) in [6, 6.07) is 7.14. The molecule has 1 atom stereocenters. The van der Waals surface area contributed by atoms with Crippen LogP contribution in [0.15, 0.2) is 18.2 Å². The topological polar surface area (TPSA) is 36.5 Å². The number of hydrogen-bond acceptors (Lipinski definition) is 4. The Labute approximate surface area is 129 Å². The third kappa shape index (κ3) is 5.30. The first-order valence-corrected chi connectivity index (χ1v) is 7.96. The van der Waals surface area contributed by atoms with E-state index in [0.717, 1.165) is 32.8 Å². The van der Waals surface area contributed by atoms with Gasteiger partial charge in [-0.05, 0) is 25.6 Å². The molecule has 1 unspecified atom stereocenters. The van der Waals surface area contributed by atoms with Crippen LogP contribution in [0.1, 0.15) is 25.0 Å². The Morgan fingerprint density at radius 1 is 1.38 bits per heavy atom. The number of nitrogens with zero attached hydrogens (tertiary/aromatic N) is 1. The van der Waals surface area contributed by atoms with Crippen LogP contribution in [0.5, 0.6) is 0 Å². The molecule has 1 aliphatic rings. The average Bonchev–Trinajstić information content (AvgIpc) is 2.50. The lowest BCUT2D eigenvalue weighted by molar-refractivity contribution is 0.163. The number of benzene rings is 1. The van der Waals surface area contributed by atoms with E-state index < -0.39 is 0 Å². The molecule has 1 aromatic carbocycles. The van der Waals surface area contributed by atoms with Crippen molar-refractivity contribution >= 4 is 5.69 Å². The fourth-order valence-electron chi connectivity index (χ4n) is 2.71. The van der Waals surface area contributed by atoms with Crippen LogP contribution in [0.25, 0.3) is 0 Å². The molecule has 0 spiro atoms. The number of nitrogens with one attached hydrogen (secondary N) is 2. The lowest BCUT2D eigenvalue weighted by Crippen LogP contribution is -2.52. The minimum absolute atomic E-state index is 0.419. The molecule has 1 aliphatic heterocycles. The summed E-state index contributed by atoms with van der Waals surface area (Å²) in [6.45, 7) is 10.9. The Hall–Kier alpha value is -1.10. The van der Waals surface area contributed by atoms with Crippen molar-refractivity contribution < 1.29 is 4.74 Å². The molecule has 1 heterocycles. The van der Waals surface area contributed by atoms with Gasteiger partial charge in [0.05, 0.1) is 6.61 Å². The molecule has 2 N–H and O–H groups in total.